The Hall–Kier alpha value is -0.610. The van der Waals surface area contributed by atoms with Crippen molar-refractivity contribution in [3.63, 3.8) is 0 Å². The molecule has 0 saturated carbocycles. The SMILES string of the molecule is CNCC1CCCN1C(=O)CCN1CCCC1. The first-order valence-electron chi connectivity index (χ1n) is 6.97. The largest absolute Gasteiger partial charge is 0.338 e. The van der Waals surface area contributed by atoms with Gasteiger partial charge in [-0.05, 0) is 45.8 Å². The topological polar surface area (TPSA) is 35.6 Å². The lowest BCUT2D eigenvalue weighted by atomic mass is 10.2. The summed E-state index contributed by atoms with van der Waals surface area (Å²) in [6.07, 6.45) is 5.65. The zero-order valence-electron chi connectivity index (χ0n) is 11.0. The van der Waals surface area contributed by atoms with Crippen molar-refractivity contribution in [2.45, 2.75) is 38.1 Å². The molecule has 2 aliphatic heterocycles. The van der Waals surface area contributed by atoms with E-state index < -0.39 is 0 Å². The summed E-state index contributed by atoms with van der Waals surface area (Å²) in [7, 11) is 1.96. The van der Waals surface area contributed by atoms with E-state index in [1.54, 1.807) is 0 Å². The van der Waals surface area contributed by atoms with Gasteiger partial charge >= 0.3 is 0 Å². The predicted molar refractivity (Wildman–Crippen MR) is 69.0 cm³/mol. The highest BCUT2D eigenvalue weighted by Gasteiger charge is 2.28. The van der Waals surface area contributed by atoms with Crippen molar-refractivity contribution in [1.82, 2.24) is 15.1 Å². The van der Waals surface area contributed by atoms with E-state index >= 15 is 0 Å². The molecule has 0 bridgehead atoms. The average Bonchev–Trinajstić information content (AvgIpc) is 2.97. The summed E-state index contributed by atoms with van der Waals surface area (Å²) in [5.41, 5.74) is 0. The standard InChI is InChI=1S/C13H25N3O/c1-14-11-12-5-4-9-16(12)13(17)6-10-15-7-2-3-8-15/h12,14H,2-11H2,1H3. The zero-order chi connectivity index (χ0) is 12.1. The molecular formula is C13H25N3O. The molecule has 1 unspecified atom stereocenters. The summed E-state index contributed by atoms with van der Waals surface area (Å²) < 4.78 is 0. The number of carbonyl (C=O) groups is 1. The second-order valence-electron chi connectivity index (χ2n) is 5.24. The second kappa shape index (κ2) is 6.36. The summed E-state index contributed by atoms with van der Waals surface area (Å²) >= 11 is 0. The van der Waals surface area contributed by atoms with Gasteiger partial charge in [-0.2, -0.15) is 0 Å². The lowest BCUT2D eigenvalue weighted by Gasteiger charge is -2.25. The summed E-state index contributed by atoms with van der Waals surface area (Å²) in [4.78, 5) is 16.7. The third-order valence-corrected chi connectivity index (χ3v) is 3.98. The van der Waals surface area contributed by atoms with E-state index in [0.29, 0.717) is 18.4 Å². The fraction of sp³-hybridized carbons (Fsp3) is 0.923. The van der Waals surface area contributed by atoms with Gasteiger partial charge in [-0.25, -0.2) is 0 Å². The predicted octanol–water partition coefficient (Wildman–Crippen LogP) is 0.683. The van der Waals surface area contributed by atoms with Crippen LogP contribution >= 0.6 is 0 Å². The minimum atomic E-state index is 0.356. The minimum Gasteiger partial charge on any atom is -0.338 e. The number of rotatable bonds is 5. The molecule has 0 spiro atoms. The molecule has 4 nitrogen and oxygen atoms in total. The Kier molecular flexibility index (Phi) is 4.80. The summed E-state index contributed by atoms with van der Waals surface area (Å²) in [5, 5.41) is 3.19. The molecule has 98 valence electrons. The Balaban J connectivity index is 1.74. The molecule has 0 aromatic heterocycles. The monoisotopic (exact) mass is 239 g/mol. The van der Waals surface area contributed by atoms with Crippen LogP contribution in [0.3, 0.4) is 0 Å². The maximum atomic E-state index is 12.2. The Morgan fingerprint density at radius 2 is 2.00 bits per heavy atom. The smallest absolute Gasteiger partial charge is 0.224 e. The fourth-order valence-corrected chi connectivity index (χ4v) is 3.02. The van der Waals surface area contributed by atoms with E-state index in [1.807, 2.05) is 7.05 Å². The van der Waals surface area contributed by atoms with Gasteiger partial charge in [0.2, 0.25) is 5.91 Å². The van der Waals surface area contributed by atoms with Crippen LogP contribution in [0, 0.1) is 0 Å². The van der Waals surface area contributed by atoms with Crippen molar-refractivity contribution in [3.05, 3.63) is 0 Å². The van der Waals surface area contributed by atoms with E-state index in [0.717, 1.165) is 26.1 Å². The molecule has 0 aromatic carbocycles. The van der Waals surface area contributed by atoms with Gasteiger partial charge in [-0.3, -0.25) is 4.79 Å². The number of likely N-dealkylation sites (tertiary alicyclic amines) is 2. The molecule has 1 N–H and O–H groups in total. The van der Waals surface area contributed by atoms with Crippen LogP contribution in [0.2, 0.25) is 0 Å². The molecule has 0 aliphatic carbocycles. The maximum absolute atomic E-state index is 12.2. The van der Waals surface area contributed by atoms with Gasteiger partial charge < -0.3 is 15.1 Å². The van der Waals surface area contributed by atoms with Crippen molar-refractivity contribution in [3.8, 4) is 0 Å². The number of hydrogen-bond acceptors (Lipinski definition) is 3. The molecule has 17 heavy (non-hydrogen) atoms. The molecule has 0 aromatic rings. The minimum absolute atomic E-state index is 0.356. The van der Waals surface area contributed by atoms with Gasteiger partial charge in [0.15, 0.2) is 0 Å². The van der Waals surface area contributed by atoms with E-state index in [-0.39, 0.29) is 0 Å². The Labute approximate surface area is 104 Å². The average molecular weight is 239 g/mol. The zero-order valence-corrected chi connectivity index (χ0v) is 11.0. The first kappa shape index (κ1) is 12.8. The Morgan fingerprint density at radius 3 is 2.71 bits per heavy atom. The number of nitrogens with one attached hydrogen (secondary N) is 1. The van der Waals surface area contributed by atoms with Crippen LogP contribution in [-0.4, -0.2) is 61.5 Å². The third-order valence-electron chi connectivity index (χ3n) is 3.98. The van der Waals surface area contributed by atoms with E-state index in [1.165, 1.54) is 32.4 Å². The number of amides is 1. The molecule has 4 heteroatoms. The highest BCUT2D eigenvalue weighted by atomic mass is 16.2. The van der Waals surface area contributed by atoms with Crippen LogP contribution in [0.25, 0.3) is 0 Å². The van der Waals surface area contributed by atoms with Gasteiger partial charge in [0, 0.05) is 32.1 Å². The third kappa shape index (κ3) is 3.42. The van der Waals surface area contributed by atoms with Gasteiger partial charge in [0.05, 0.1) is 0 Å². The lowest BCUT2D eigenvalue weighted by Crippen LogP contribution is -2.41. The molecule has 2 heterocycles. The number of hydrogen-bond donors (Lipinski definition) is 1. The maximum Gasteiger partial charge on any atom is 0.224 e. The van der Waals surface area contributed by atoms with Crippen LogP contribution in [0.5, 0.6) is 0 Å². The van der Waals surface area contributed by atoms with Crippen LogP contribution in [-0.2, 0) is 4.79 Å². The molecule has 2 aliphatic rings. The highest BCUT2D eigenvalue weighted by molar-refractivity contribution is 5.77. The van der Waals surface area contributed by atoms with Crippen LogP contribution in [0.1, 0.15) is 32.1 Å². The fourth-order valence-electron chi connectivity index (χ4n) is 3.02. The molecular weight excluding hydrogens is 214 g/mol. The van der Waals surface area contributed by atoms with Crippen LogP contribution in [0.4, 0.5) is 0 Å². The van der Waals surface area contributed by atoms with Crippen molar-refractivity contribution in [2.24, 2.45) is 0 Å². The van der Waals surface area contributed by atoms with Gasteiger partial charge in [0.1, 0.15) is 0 Å². The number of carbonyl (C=O) groups excluding carboxylic acids is 1. The second-order valence-corrected chi connectivity index (χ2v) is 5.24. The Morgan fingerprint density at radius 1 is 1.24 bits per heavy atom. The summed E-state index contributed by atoms with van der Waals surface area (Å²) in [6.45, 7) is 5.24. The molecule has 2 fully saturated rings. The lowest BCUT2D eigenvalue weighted by molar-refractivity contribution is -0.132. The van der Waals surface area contributed by atoms with Crippen molar-refractivity contribution >= 4 is 5.91 Å². The number of likely N-dealkylation sites (N-methyl/N-ethyl adjacent to an activating group) is 1. The van der Waals surface area contributed by atoms with E-state index in [2.05, 4.69) is 15.1 Å². The summed E-state index contributed by atoms with van der Waals surface area (Å²) in [5.74, 6) is 0.356. The van der Waals surface area contributed by atoms with Crippen molar-refractivity contribution < 1.29 is 4.79 Å². The Bertz CT molecular complexity index is 251. The molecule has 1 atom stereocenters. The van der Waals surface area contributed by atoms with Gasteiger partial charge in [-0.1, -0.05) is 0 Å². The molecule has 2 rings (SSSR count). The number of nitrogens with zero attached hydrogens (tertiary/aromatic N) is 2. The van der Waals surface area contributed by atoms with Crippen molar-refractivity contribution in [1.29, 1.82) is 0 Å². The first-order valence-corrected chi connectivity index (χ1v) is 6.97. The van der Waals surface area contributed by atoms with Crippen molar-refractivity contribution in [2.75, 3.05) is 39.8 Å². The van der Waals surface area contributed by atoms with Crippen LogP contribution in [0.15, 0.2) is 0 Å². The van der Waals surface area contributed by atoms with Gasteiger partial charge in [0.25, 0.3) is 0 Å². The normalized spacial score (nSPS) is 25.7. The quantitative estimate of drug-likeness (QED) is 0.766. The molecule has 2 saturated heterocycles. The van der Waals surface area contributed by atoms with Crippen LogP contribution < -0.4 is 5.32 Å². The highest BCUT2D eigenvalue weighted by Crippen LogP contribution is 2.18. The van der Waals surface area contributed by atoms with E-state index in [9.17, 15) is 4.79 Å². The van der Waals surface area contributed by atoms with Gasteiger partial charge in [-0.15, -0.1) is 0 Å². The summed E-state index contributed by atoms with van der Waals surface area (Å²) in [6, 6.07) is 0.436. The van der Waals surface area contributed by atoms with E-state index in [4.69, 9.17) is 0 Å². The molecule has 1 amide bonds. The first-order chi connectivity index (χ1) is 8.31. The molecule has 0 radical (unpaired) electrons.